The predicted molar refractivity (Wildman–Crippen MR) is 94.2 cm³/mol. The molecular weight excluding hydrogens is 304 g/mol. The Morgan fingerprint density at radius 3 is 2.58 bits per heavy atom. The Morgan fingerprint density at radius 2 is 1.92 bits per heavy atom. The van der Waals surface area contributed by atoms with Gasteiger partial charge >= 0.3 is 0 Å². The molecule has 1 N–H and O–H groups in total. The highest BCUT2D eigenvalue weighted by Gasteiger charge is 2.22. The molecule has 1 fully saturated rings. The van der Waals surface area contributed by atoms with E-state index in [1.165, 1.54) is 17.5 Å². The van der Waals surface area contributed by atoms with Gasteiger partial charge in [0.25, 0.3) is 11.5 Å². The highest BCUT2D eigenvalue weighted by Crippen LogP contribution is 2.15. The minimum Gasteiger partial charge on any atom is -0.349 e. The van der Waals surface area contributed by atoms with Gasteiger partial charge in [-0.1, -0.05) is 25.1 Å². The van der Waals surface area contributed by atoms with Crippen LogP contribution in [0.4, 0.5) is 0 Å². The van der Waals surface area contributed by atoms with Gasteiger partial charge in [0.1, 0.15) is 0 Å². The lowest BCUT2D eigenvalue weighted by molar-refractivity contribution is 0.0932. The largest absolute Gasteiger partial charge is 0.349 e. The monoisotopic (exact) mass is 328 g/mol. The quantitative estimate of drug-likeness (QED) is 0.904. The summed E-state index contributed by atoms with van der Waals surface area (Å²) in [6, 6.07) is 7.48. The summed E-state index contributed by atoms with van der Waals surface area (Å²) in [5.74, 6) is -0.223. The summed E-state index contributed by atoms with van der Waals surface area (Å²) in [4.78, 5) is 27.2. The van der Waals surface area contributed by atoms with E-state index in [0.29, 0.717) is 29.1 Å². The molecule has 0 saturated carbocycles. The van der Waals surface area contributed by atoms with Crippen molar-refractivity contribution in [1.82, 2.24) is 20.0 Å². The van der Waals surface area contributed by atoms with Gasteiger partial charge in [-0.15, -0.1) is 0 Å². The number of benzene rings is 1. The van der Waals surface area contributed by atoms with Crippen molar-refractivity contribution in [3.8, 4) is 0 Å². The number of rotatable bonds is 5. The molecule has 1 saturated heterocycles. The van der Waals surface area contributed by atoms with Crippen molar-refractivity contribution in [1.29, 1.82) is 0 Å². The van der Waals surface area contributed by atoms with Crippen LogP contribution in [0, 0.1) is 0 Å². The smallest absolute Gasteiger partial charge is 0.274 e. The summed E-state index contributed by atoms with van der Waals surface area (Å²) in [5.41, 5.74) is 0.120. The lowest BCUT2D eigenvalue weighted by atomic mass is 10.1. The molecule has 2 heterocycles. The van der Waals surface area contributed by atoms with Crippen LogP contribution in [0.2, 0.25) is 0 Å². The molecule has 6 nitrogen and oxygen atoms in total. The second kappa shape index (κ2) is 7.13. The molecule has 0 unspecified atom stereocenters. The first-order valence-corrected chi connectivity index (χ1v) is 8.60. The van der Waals surface area contributed by atoms with Gasteiger partial charge in [0, 0.05) is 25.0 Å². The Morgan fingerprint density at radius 1 is 1.25 bits per heavy atom. The molecule has 1 amide bonds. The van der Waals surface area contributed by atoms with Crippen LogP contribution >= 0.6 is 0 Å². The summed E-state index contributed by atoms with van der Waals surface area (Å²) in [7, 11) is 1.57. The van der Waals surface area contributed by atoms with Crippen molar-refractivity contribution < 1.29 is 4.79 Å². The van der Waals surface area contributed by atoms with Gasteiger partial charge in [-0.3, -0.25) is 14.5 Å². The number of hydrogen-bond donors (Lipinski definition) is 1. The standard InChI is InChI=1S/C18H24N4O2/c1-3-13(22-10-6-7-11-22)12-19-17(23)16-14-8-4-5-9-15(14)18(24)21(2)20-16/h4-5,8-9,13H,3,6-7,10-12H2,1-2H3,(H,19,23)/t13-/m0/s1. The Labute approximate surface area is 141 Å². The van der Waals surface area contributed by atoms with Gasteiger partial charge < -0.3 is 5.32 Å². The minimum atomic E-state index is -0.223. The van der Waals surface area contributed by atoms with E-state index in [1.807, 2.05) is 6.07 Å². The van der Waals surface area contributed by atoms with Gasteiger partial charge in [0.05, 0.1) is 5.39 Å². The number of carbonyl (C=O) groups excluding carboxylic acids is 1. The van der Waals surface area contributed by atoms with E-state index in [4.69, 9.17) is 0 Å². The topological polar surface area (TPSA) is 67.2 Å². The number of nitrogens with zero attached hydrogens (tertiary/aromatic N) is 3. The van der Waals surface area contributed by atoms with Gasteiger partial charge in [-0.2, -0.15) is 5.10 Å². The number of likely N-dealkylation sites (tertiary alicyclic amines) is 1. The summed E-state index contributed by atoms with van der Waals surface area (Å²) in [6.45, 7) is 4.97. The van der Waals surface area contributed by atoms with Gasteiger partial charge in [0.2, 0.25) is 0 Å². The SMILES string of the molecule is CC[C@@H](CNC(=O)c1nn(C)c(=O)c2ccccc12)N1CCCC1. The van der Waals surface area contributed by atoms with Crippen LogP contribution < -0.4 is 10.9 Å². The first kappa shape index (κ1) is 16.6. The van der Waals surface area contributed by atoms with E-state index in [0.717, 1.165) is 19.5 Å². The highest BCUT2D eigenvalue weighted by molar-refractivity contribution is 6.04. The Kier molecular flexibility index (Phi) is 4.94. The molecule has 24 heavy (non-hydrogen) atoms. The molecule has 1 aromatic heterocycles. The molecule has 0 bridgehead atoms. The number of fused-ring (bicyclic) bond motifs is 1. The fraction of sp³-hybridized carbons (Fsp3) is 0.500. The number of nitrogens with one attached hydrogen (secondary N) is 1. The van der Waals surface area contributed by atoms with Gasteiger partial charge in [-0.05, 0) is 38.4 Å². The number of amides is 1. The van der Waals surface area contributed by atoms with Crippen LogP contribution in [0.15, 0.2) is 29.1 Å². The summed E-state index contributed by atoms with van der Waals surface area (Å²) in [6.07, 6.45) is 3.47. The van der Waals surface area contributed by atoms with E-state index in [2.05, 4.69) is 22.2 Å². The second-order valence-corrected chi connectivity index (χ2v) is 6.34. The number of hydrogen-bond acceptors (Lipinski definition) is 4. The summed E-state index contributed by atoms with van der Waals surface area (Å²) >= 11 is 0. The first-order chi connectivity index (χ1) is 11.6. The molecule has 0 radical (unpaired) electrons. The highest BCUT2D eigenvalue weighted by atomic mass is 16.2. The summed E-state index contributed by atoms with van der Waals surface area (Å²) in [5, 5.41) is 8.31. The van der Waals surface area contributed by atoms with Crippen LogP contribution in [0.1, 0.15) is 36.7 Å². The molecule has 0 spiro atoms. The molecule has 2 aromatic rings. The lowest BCUT2D eigenvalue weighted by Gasteiger charge is -2.26. The third-order valence-corrected chi connectivity index (χ3v) is 4.80. The Balaban J connectivity index is 1.81. The molecule has 1 aliphatic rings. The molecule has 1 atom stereocenters. The summed E-state index contributed by atoms with van der Waals surface area (Å²) < 4.78 is 1.23. The Hall–Kier alpha value is -2.21. The van der Waals surface area contributed by atoms with Crippen LogP contribution in [-0.4, -0.2) is 46.3 Å². The number of aromatic nitrogens is 2. The average Bonchev–Trinajstić information content (AvgIpc) is 3.13. The molecule has 3 rings (SSSR count). The fourth-order valence-corrected chi connectivity index (χ4v) is 3.40. The van der Waals surface area contributed by atoms with E-state index in [9.17, 15) is 9.59 Å². The van der Waals surface area contributed by atoms with Crippen molar-refractivity contribution in [2.45, 2.75) is 32.2 Å². The number of carbonyl (C=O) groups is 1. The zero-order valence-corrected chi connectivity index (χ0v) is 14.3. The van der Waals surface area contributed by atoms with Crippen LogP contribution in [-0.2, 0) is 7.05 Å². The normalized spacial score (nSPS) is 16.4. The van der Waals surface area contributed by atoms with E-state index >= 15 is 0 Å². The molecule has 1 aliphatic heterocycles. The first-order valence-electron chi connectivity index (χ1n) is 8.60. The maximum Gasteiger partial charge on any atom is 0.274 e. The molecular formula is C18H24N4O2. The van der Waals surface area contributed by atoms with Crippen molar-refractivity contribution in [2.24, 2.45) is 7.05 Å². The van der Waals surface area contributed by atoms with Gasteiger partial charge in [0.15, 0.2) is 5.69 Å². The second-order valence-electron chi connectivity index (χ2n) is 6.34. The van der Waals surface area contributed by atoms with Crippen molar-refractivity contribution in [3.05, 3.63) is 40.3 Å². The third-order valence-electron chi connectivity index (χ3n) is 4.80. The van der Waals surface area contributed by atoms with Crippen molar-refractivity contribution in [3.63, 3.8) is 0 Å². The molecule has 1 aromatic carbocycles. The van der Waals surface area contributed by atoms with Gasteiger partial charge in [-0.25, -0.2) is 4.68 Å². The maximum atomic E-state index is 12.6. The molecule has 0 aliphatic carbocycles. The van der Waals surface area contributed by atoms with E-state index in [-0.39, 0.29) is 11.5 Å². The zero-order valence-electron chi connectivity index (χ0n) is 14.3. The third kappa shape index (κ3) is 3.19. The van der Waals surface area contributed by atoms with Crippen LogP contribution in [0.5, 0.6) is 0 Å². The predicted octanol–water partition coefficient (Wildman–Crippen LogP) is 1.54. The van der Waals surface area contributed by atoms with Crippen molar-refractivity contribution >= 4 is 16.7 Å². The zero-order chi connectivity index (χ0) is 17.1. The van der Waals surface area contributed by atoms with E-state index in [1.54, 1.807) is 25.2 Å². The lowest BCUT2D eigenvalue weighted by Crippen LogP contribution is -2.42. The van der Waals surface area contributed by atoms with Crippen LogP contribution in [0.25, 0.3) is 10.8 Å². The minimum absolute atomic E-state index is 0.189. The number of aryl methyl sites for hydroxylation is 1. The molecule has 128 valence electrons. The molecule has 6 heteroatoms. The van der Waals surface area contributed by atoms with E-state index < -0.39 is 0 Å². The Bertz CT molecular complexity index is 793. The fourth-order valence-electron chi connectivity index (χ4n) is 3.40. The average molecular weight is 328 g/mol. The van der Waals surface area contributed by atoms with Crippen LogP contribution in [0.3, 0.4) is 0 Å². The van der Waals surface area contributed by atoms with Crippen molar-refractivity contribution in [2.75, 3.05) is 19.6 Å². The maximum absolute atomic E-state index is 12.6.